The van der Waals surface area contributed by atoms with Gasteiger partial charge in [0.2, 0.25) is 0 Å². The summed E-state index contributed by atoms with van der Waals surface area (Å²) in [5.41, 5.74) is 2.69. The largest absolute Gasteiger partial charge is 0.343 e. The molecular formula is C12H12BrN. The highest BCUT2D eigenvalue weighted by molar-refractivity contribution is 9.10. The van der Waals surface area contributed by atoms with Crippen LogP contribution in [0.5, 0.6) is 0 Å². The van der Waals surface area contributed by atoms with E-state index in [4.69, 9.17) is 0 Å². The van der Waals surface area contributed by atoms with Crippen molar-refractivity contribution >= 4 is 26.8 Å². The molecule has 1 aliphatic carbocycles. The summed E-state index contributed by atoms with van der Waals surface area (Å²) in [7, 11) is 0. The molecule has 1 aromatic carbocycles. The van der Waals surface area contributed by atoms with E-state index in [-0.39, 0.29) is 0 Å². The number of halogens is 1. The molecule has 0 amide bonds. The second-order valence-electron chi connectivity index (χ2n) is 4.14. The fourth-order valence-electron chi connectivity index (χ4n) is 1.98. The van der Waals surface area contributed by atoms with Crippen LogP contribution in [0.2, 0.25) is 0 Å². The number of aryl methyl sites for hydroxylation is 1. The van der Waals surface area contributed by atoms with E-state index in [1.54, 1.807) is 0 Å². The Labute approximate surface area is 91.9 Å². The van der Waals surface area contributed by atoms with Gasteiger partial charge in [0, 0.05) is 27.6 Å². The fourth-order valence-corrected chi connectivity index (χ4v) is 2.52. The molecule has 0 atom stereocenters. The van der Waals surface area contributed by atoms with Gasteiger partial charge >= 0.3 is 0 Å². The Kier molecular flexibility index (Phi) is 1.75. The van der Waals surface area contributed by atoms with Gasteiger partial charge in [-0.1, -0.05) is 11.6 Å². The van der Waals surface area contributed by atoms with Crippen LogP contribution < -0.4 is 0 Å². The van der Waals surface area contributed by atoms with E-state index in [2.05, 4.69) is 51.8 Å². The molecule has 14 heavy (non-hydrogen) atoms. The van der Waals surface area contributed by atoms with Crippen LogP contribution in [0.25, 0.3) is 10.9 Å². The summed E-state index contributed by atoms with van der Waals surface area (Å²) in [5, 5.41) is 1.34. The smallest absolute Gasteiger partial charge is 0.0494 e. The van der Waals surface area contributed by atoms with Crippen molar-refractivity contribution in [3.05, 3.63) is 34.4 Å². The van der Waals surface area contributed by atoms with Gasteiger partial charge in [-0.15, -0.1) is 0 Å². The zero-order valence-electron chi connectivity index (χ0n) is 8.13. The Balaban J connectivity index is 2.32. The maximum absolute atomic E-state index is 3.63. The summed E-state index contributed by atoms with van der Waals surface area (Å²) in [6, 6.07) is 7.42. The molecule has 1 aromatic heterocycles. The van der Waals surface area contributed by atoms with Crippen LogP contribution >= 0.6 is 15.9 Å². The zero-order chi connectivity index (χ0) is 9.71. The number of rotatable bonds is 1. The topological polar surface area (TPSA) is 4.93 Å². The minimum absolute atomic E-state index is 0.756. The predicted octanol–water partition coefficient (Wildman–Crippen LogP) is 4.05. The van der Waals surface area contributed by atoms with E-state index < -0.39 is 0 Å². The van der Waals surface area contributed by atoms with Crippen LogP contribution in [0.4, 0.5) is 0 Å². The van der Waals surface area contributed by atoms with Crippen molar-refractivity contribution in [1.82, 2.24) is 4.57 Å². The van der Waals surface area contributed by atoms with Gasteiger partial charge < -0.3 is 4.57 Å². The quantitative estimate of drug-likeness (QED) is 0.719. The van der Waals surface area contributed by atoms with E-state index in [1.165, 1.54) is 33.8 Å². The summed E-state index contributed by atoms with van der Waals surface area (Å²) < 4.78 is 3.63. The molecule has 2 heteroatoms. The van der Waals surface area contributed by atoms with Crippen molar-refractivity contribution < 1.29 is 0 Å². The summed E-state index contributed by atoms with van der Waals surface area (Å²) in [4.78, 5) is 0. The van der Waals surface area contributed by atoms with Crippen LogP contribution in [-0.4, -0.2) is 4.57 Å². The van der Waals surface area contributed by atoms with Gasteiger partial charge in [-0.3, -0.25) is 0 Å². The average molecular weight is 250 g/mol. The maximum atomic E-state index is 3.63. The van der Waals surface area contributed by atoms with E-state index >= 15 is 0 Å². The summed E-state index contributed by atoms with van der Waals surface area (Å²) in [6.45, 7) is 2.14. The minimum atomic E-state index is 0.756. The molecule has 1 nitrogen and oxygen atoms in total. The molecule has 3 rings (SSSR count). The highest BCUT2D eigenvalue weighted by atomic mass is 79.9. The van der Waals surface area contributed by atoms with E-state index in [0.717, 1.165) is 6.04 Å². The van der Waals surface area contributed by atoms with Crippen LogP contribution in [0, 0.1) is 6.92 Å². The first-order chi connectivity index (χ1) is 6.75. The van der Waals surface area contributed by atoms with Crippen molar-refractivity contribution in [3.8, 4) is 0 Å². The van der Waals surface area contributed by atoms with Crippen molar-refractivity contribution in [2.24, 2.45) is 0 Å². The minimum Gasteiger partial charge on any atom is -0.343 e. The first kappa shape index (κ1) is 8.54. The molecular weight excluding hydrogens is 238 g/mol. The Bertz CT molecular complexity index is 494. The third kappa shape index (κ3) is 1.21. The fraction of sp³-hybridized carbons (Fsp3) is 0.333. The summed E-state index contributed by atoms with van der Waals surface area (Å²) in [5.74, 6) is 0. The molecule has 0 aliphatic heterocycles. The Morgan fingerprint density at radius 3 is 2.86 bits per heavy atom. The van der Waals surface area contributed by atoms with Crippen molar-refractivity contribution in [2.75, 3.05) is 0 Å². The second-order valence-corrected chi connectivity index (χ2v) is 4.99. The lowest BCUT2D eigenvalue weighted by atomic mass is 10.2. The first-order valence-corrected chi connectivity index (χ1v) is 5.82. The predicted molar refractivity (Wildman–Crippen MR) is 62.6 cm³/mol. The van der Waals surface area contributed by atoms with Gasteiger partial charge in [-0.25, -0.2) is 0 Å². The van der Waals surface area contributed by atoms with E-state index in [9.17, 15) is 0 Å². The van der Waals surface area contributed by atoms with Gasteiger partial charge in [0.05, 0.1) is 0 Å². The number of benzene rings is 1. The number of hydrogen-bond donors (Lipinski definition) is 0. The highest BCUT2D eigenvalue weighted by Crippen LogP contribution is 2.40. The molecule has 72 valence electrons. The molecule has 0 N–H and O–H groups in total. The van der Waals surface area contributed by atoms with Crippen LogP contribution in [0.15, 0.2) is 28.9 Å². The Hall–Kier alpha value is -0.760. The van der Waals surface area contributed by atoms with E-state index in [0.29, 0.717) is 0 Å². The molecule has 0 spiro atoms. The van der Waals surface area contributed by atoms with Crippen molar-refractivity contribution in [1.29, 1.82) is 0 Å². The molecule has 0 unspecified atom stereocenters. The van der Waals surface area contributed by atoms with Crippen LogP contribution in [0.3, 0.4) is 0 Å². The Morgan fingerprint density at radius 2 is 2.14 bits per heavy atom. The molecule has 2 aromatic rings. The molecule has 1 aliphatic rings. The lowest BCUT2D eigenvalue weighted by Gasteiger charge is -2.01. The molecule has 1 saturated carbocycles. The van der Waals surface area contributed by atoms with Gasteiger partial charge in [0.15, 0.2) is 0 Å². The normalized spacial score (nSPS) is 16.4. The number of nitrogens with zero attached hydrogens (tertiary/aromatic N) is 1. The SMILES string of the molecule is Cc1ccc2c(c1)c(Br)cn2C1CC1. The summed E-state index contributed by atoms with van der Waals surface area (Å²) >= 11 is 3.63. The van der Waals surface area contributed by atoms with Gasteiger partial charge in [0.25, 0.3) is 0 Å². The third-order valence-electron chi connectivity index (χ3n) is 2.88. The molecule has 1 heterocycles. The van der Waals surface area contributed by atoms with Gasteiger partial charge in [-0.05, 0) is 47.8 Å². The lowest BCUT2D eigenvalue weighted by Crippen LogP contribution is -1.89. The first-order valence-electron chi connectivity index (χ1n) is 5.02. The lowest BCUT2D eigenvalue weighted by molar-refractivity contribution is 0.774. The Morgan fingerprint density at radius 1 is 1.36 bits per heavy atom. The molecule has 1 fully saturated rings. The van der Waals surface area contributed by atoms with Gasteiger partial charge in [0.1, 0.15) is 0 Å². The number of fused-ring (bicyclic) bond motifs is 1. The highest BCUT2D eigenvalue weighted by Gasteiger charge is 2.25. The zero-order valence-corrected chi connectivity index (χ0v) is 9.71. The maximum Gasteiger partial charge on any atom is 0.0494 e. The third-order valence-corrected chi connectivity index (χ3v) is 3.51. The van der Waals surface area contributed by atoms with E-state index in [1.807, 2.05) is 0 Å². The van der Waals surface area contributed by atoms with Crippen molar-refractivity contribution in [3.63, 3.8) is 0 Å². The van der Waals surface area contributed by atoms with Crippen LogP contribution in [0.1, 0.15) is 24.4 Å². The van der Waals surface area contributed by atoms with Gasteiger partial charge in [-0.2, -0.15) is 0 Å². The number of aromatic nitrogens is 1. The monoisotopic (exact) mass is 249 g/mol. The molecule has 0 radical (unpaired) electrons. The molecule has 0 bridgehead atoms. The van der Waals surface area contributed by atoms with Crippen LogP contribution in [-0.2, 0) is 0 Å². The standard InChI is InChI=1S/C12H12BrN/c1-8-2-5-12-10(6-8)11(13)7-14(12)9-3-4-9/h2,5-7,9H,3-4H2,1H3. The second kappa shape index (κ2) is 2.86. The summed E-state index contributed by atoms with van der Waals surface area (Å²) in [6.07, 6.45) is 4.90. The van der Waals surface area contributed by atoms with Crippen molar-refractivity contribution in [2.45, 2.75) is 25.8 Å². The molecule has 0 saturated heterocycles. The average Bonchev–Trinajstić information content (AvgIpc) is 2.94. The number of hydrogen-bond acceptors (Lipinski definition) is 0.